The number of aryl methyl sites for hydroxylation is 1. The van der Waals surface area contributed by atoms with Crippen molar-refractivity contribution in [2.75, 3.05) is 6.54 Å². The van der Waals surface area contributed by atoms with Crippen molar-refractivity contribution >= 4 is 17.2 Å². The number of carbonyl (C=O) groups excluding carboxylic acids is 1. The first-order chi connectivity index (χ1) is 6.29. The van der Waals surface area contributed by atoms with Crippen LogP contribution in [0.4, 0.5) is 0 Å². The molecule has 13 heavy (non-hydrogen) atoms. The number of hydrogen-bond acceptors (Lipinski definition) is 4. The molecule has 70 valence electrons. The molecule has 1 atom stereocenters. The van der Waals surface area contributed by atoms with E-state index in [0.29, 0.717) is 6.54 Å². The van der Waals surface area contributed by atoms with Crippen molar-refractivity contribution in [3.05, 3.63) is 16.1 Å². The molecule has 1 amide bonds. The maximum atomic E-state index is 10.9. The molecule has 0 spiro atoms. The van der Waals surface area contributed by atoms with Gasteiger partial charge >= 0.3 is 0 Å². The maximum absolute atomic E-state index is 10.9. The average molecular weight is 197 g/mol. The highest BCUT2D eigenvalue weighted by Crippen LogP contribution is 2.20. The van der Waals surface area contributed by atoms with Gasteiger partial charge in [0.1, 0.15) is 6.17 Å². The molecule has 4 nitrogen and oxygen atoms in total. The first-order valence-electron chi connectivity index (χ1n) is 4.27. The van der Waals surface area contributed by atoms with Crippen LogP contribution in [0.15, 0.2) is 6.20 Å². The summed E-state index contributed by atoms with van der Waals surface area (Å²) in [7, 11) is 0. The van der Waals surface area contributed by atoms with Crippen LogP contribution in [0.2, 0.25) is 0 Å². The van der Waals surface area contributed by atoms with Gasteiger partial charge in [-0.05, 0) is 6.42 Å². The third-order valence-electron chi connectivity index (χ3n) is 1.93. The molecule has 1 unspecified atom stereocenters. The van der Waals surface area contributed by atoms with Crippen molar-refractivity contribution < 1.29 is 4.79 Å². The lowest BCUT2D eigenvalue weighted by atomic mass is 10.4. The van der Waals surface area contributed by atoms with Crippen LogP contribution < -0.4 is 10.6 Å². The molecule has 1 saturated heterocycles. The number of carbonyl (C=O) groups is 1. The van der Waals surface area contributed by atoms with Crippen LogP contribution in [0, 0.1) is 0 Å². The first-order valence-corrected chi connectivity index (χ1v) is 5.08. The van der Waals surface area contributed by atoms with Crippen LogP contribution in [0.1, 0.15) is 23.0 Å². The van der Waals surface area contributed by atoms with Crippen LogP contribution in [0.3, 0.4) is 0 Å². The van der Waals surface area contributed by atoms with Gasteiger partial charge in [0.15, 0.2) is 0 Å². The van der Waals surface area contributed by atoms with Crippen LogP contribution in [-0.2, 0) is 11.2 Å². The van der Waals surface area contributed by atoms with E-state index in [9.17, 15) is 4.79 Å². The average Bonchev–Trinajstić information content (AvgIpc) is 2.71. The first kappa shape index (κ1) is 8.65. The topological polar surface area (TPSA) is 54.0 Å². The van der Waals surface area contributed by atoms with Gasteiger partial charge in [0, 0.05) is 6.20 Å². The van der Waals surface area contributed by atoms with Gasteiger partial charge in [-0.25, -0.2) is 4.98 Å². The summed E-state index contributed by atoms with van der Waals surface area (Å²) < 4.78 is 0. The molecule has 2 N–H and O–H groups in total. The lowest BCUT2D eigenvalue weighted by molar-refractivity contribution is -0.118. The normalized spacial score (nSPS) is 21.9. The zero-order valence-electron chi connectivity index (χ0n) is 7.33. The van der Waals surface area contributed by atoms with E-state index in [-0.39, 0.29) is 12.1 Å². The molecule has 2 rings (SSSR count). The molecule has 1 aromatic rings. The molecule has 1 aliphatic heterocycles. The summed E-state index contributed by atoms with van der Waals surface area (Å²) in [6.07, 6.45) is 2.75. The van der Waals surface area contributed by atoms with E-state index in [0.717, 1.165) is 16.3 Å². The molecule has 1 fully saturated rings. The molecule has 0 bridgehead atoms. The maximum Gasteiger partial charge on any atom is 0.235 e. The van der Waals surface area contributed by atoms with Gasteiger partial charge in [-0.3, -0.25) is 10.1 Å². The molecular weight excluding hydrogens is 186 g/mol. The van der Waals surface area contributed by atoms with Crippen LogP contribution in [0.5, 0.6) is 0 Å². The standard InChI is InChI=1S/C8H11N3OS/c1-2-7-9-3-5(13-7)8-10-4-6(12)11-8/h3,8,10H,2,4H2,1H3,(H,11,12). The van der Waals surface area contributed by atoms with Gasteiger partial charge in [0.05, 0.1) is 16.4 Å². The van der Waals surface area contributed by atoms with Crippen molar-refractivity contribution in [1.82, 2.24) is 15.6 Å². The Bertz CT molecular complexity index is 323. The summed E-state index contributed by atoms with van der Waals surface area (Å²) in [5.74, 6) is 0.0523. The zero-order chi connectivity index (χ0) is 9.26. The Labute approximate surface area is 80.4 Å². The van der Waals surface area contributed by atoms with E-state index in [2.05, 4.69) is 22.5 Å². The van der Waals surface area contributed by atoms with E-state index in [1.165, 1.54) is 0 Å². The van der Waals surface area contributed by atoms with Crippen LogP contribution in [-0.4, -0.2) is 17.4 Å². The lowest BCUT2D eigenvalue weighted by Crippen LogP contribution is -2.21. The van der Waals surface area contributed by atoms with Crippen molar-refractivity contribution in [2.24, 2.45) is 0 Å². The highest BCUT2D eigenvalue weighted by Gasteiger charge is 2.22. The Kier molecular flexibility index (Phi) is 2.28. The fourth-order valence-corrected chi connectivity index (χ4v) is 2.14. The Morgan fingerprint density at radius 2 is 2.62 bits per heavy atom. The molecule has 0 saturated carbocycles. The van der Waals surface area contributed by atoms with E-state index < -0.39 is 0 Å². The fourth-order valence-electron chi connectivity index (χ4n) is 1.25. The quantitative estimate of drug-likeness (QED) is 0.722. The van der Waals surface area contributed by atoms with Gasteiger partial charge in [-0.15, -0.1) is 11.3 Å². The summed E-state index contributed by atoms with van der Waals surface area (Å²) in [6.45, 7) is 2.48. The zero-order valence-corrected chi connectivity index (χ0v) is 8.15. The second-order valence-electron chi connectivity index (χ2n) is 2.89. The number of rotatable bonds is 2. The van der Waals surface area contributed by atoms with Crippen molar-refractivity contribution in [2.45, 2.75) is 19.5 Å². The third-order valence-corrected chi connectivity index (χ3v) is 3.14. The Morgan fingerprint density at radius 3 is 3.15 bits per heavy atom. The van der Waals surface area contributed by atoms with Gasteiger partial charge < -0.3 is 5.32 Å². The summed E-state index contributed by atoms with van der Waals surface area (Å²) >= 11 is 1.64. The summed E-state index contributed by atoms with van der Waals surface area (Å²) in [4.78, 5) is 16.2. The fraction of sp³-hybridized carbons (Fsp3) is 0.500. The Hall–Kier alpha value is -0.940. The van der Waals surface area contributed by atoms with Gasteiger partial charge in [-0.1, -0.05) is 6.92 Å². The molecular formula is C8H11N3OS. The highest BCUT2D eigenvalue weighted by molar-refractivity contribution is 7.11. The third kappa shape index (κ3) is 1.71. The number of amides is 1. The van der Waals surface area contributed by atoms with E-state index in [1.807, 2.05) is 6.20 Å². The predicted octanol–water partition coefficient (Wildman–Crippen LogP) is 0.424. The van der Waals surface area contributed by atoms with Crippen molar-refractivity contribution in [1.29, 1.82) is 0 Å². The summed E-state index contributed by atoms with van der Waals surface area (Å²) in [5.41, 5.74) is 0. The largest absolute Gasteiger partial charge is 0.335 e. The highest BCUT2D eigenvalue weighted by atomic mass is 32.1. The summed E-state index contributed by atoms with van der Waals surface area (Å²) in [5, 5.41) is 7.01. The van der Waals surface area contributed by atoms with Crippen molar-refractivity contribution in [3.63, 3.8) is 0 Å². The number of thiazole rings is 1. The Morgan fingerprint density at radius 1 is 1.77 bits per heavy atom. The summed E-state index contributed by atoms with van der Waals surface area (Å²) in [6, 6.07) is 0. The monoisotopic (exact) mass is 197 g/mol. The smallest absolute Gasteiger partial charge is 0.235 e. The molecule has 0 aliphatic carbocycles. The molecule has 2 heterocycles. The second-order valence-corrected chi connectivity index (χ2v) is 4.04. The number of nitrogens with zero attached hydrogens (tertiary/aromatic N) is 1. The van der Waals surface area contributed by atoms with E-state index in [1.54, 1.807) is 11.3 Å². The minimum atomic E-state index is -0.0229. The molecule has 0 aromatic carbocycles. The molecule has 0 radical (unpaired) electrons. The van der Waals surface area contributed by atoms with Gasteiger partial charge in [-0.2, -0.15) is 0 Å². The predicted molar refractivity (Wildman–Crippen MR) is 50.4 cm³/mol. The minimum Gasteiger partial charge on any atom is -0.335 e. The van der Waals surface area contributed by atoms with Crippen molar-refractivity contribution in [3.8, 4) is 0 Å². The lowest BCUT2D eigenvalue weighted by Gasteiger charge is -2.05. The molecule has 1 aromatic heterocycles. The minimum absolute atomic E-state index is 0.0229. The van der Waals surface area contributed by atoms with Gasteiger partial charge in [0.2, 0.25) is 5.91 Å². The number of nitrogens with one attached hydrogen (secondary N) is 2. The van der Waals surface area contributed by atoms with Crippen LogP contribution >= 0.6 is 11.3 Å². The number of hydrogen-bond donors (Lipinski definition) is 2. The van der Waals surface area contributed by atoms with Crippen LogP contribution in [0.25, 0.3) is 0 Å². The SMILES string of the molecule is CCc1ncc(C2NCC(=O)N2)s1. The second kappa shape index (κ2) is 3.43. The molecule has 5 heteroatoms. The number of aromatic nitrogens is 1. The molecule has 1 aliphatic rings. The van der Waals surface area contributed by atoms with E-state index >= 15 is 0 Å². The van der Waals surface area contributed by atoms with Gasteiger partial charge in [0.25, 0.3) is 0 Å². The van der Waals surface area contributed by atoms with E-state index in [4.69, 9.17) is 0 Å². The Balaban J connectivity index is 2.12.